The molecule has 3 rings (SSSR count). The Labute approximate surface area is 130 Å². The first-order chi connectivity index (χ1) is 10.0. The molecule has 2 aromatic heterocycles. The first kappa shape index (κ1) is 13.9. The molecule has 1 aromatic carbocycles. The molecule has 0 radical (unpaired) electrons. The molecule has 0 saturated heterocycles. The van der Waals surface area contributed by atoms with Gasteiger partial charge in [-0.2, -0.15) is 15.0 Å². The van der Waals surface area contributed by atoms with Gasteiger partial charge < -0.3 is 15.5 Å². The third-order valence-corrected chi connectivity index (χ3v) is 3.48. The van der Waals surface area contributed by atoms with E-state index in [-0.39, 0.29) is 23.2 Å². The Morgan fingerprint density at radius 2 is 1.95 bits per heavy atom. The summed E-state index contributed by atoms with van der Waals surface area (Å²) in [7, 11) is 0. The number of anilines is 2. The molecule has 108 valence electrons. The van der Waals surface area contributed by atoms with E-state index in [1.165, 1.54) is 0 Å². The normalized spacial score (nSPS) is 12.5. The first-order valence-corrected chi connectivity index (χ1v) is 6.90. The number of nitrogens with two attached hydrogens (primary N) is 1. The van der Waals surface area contributed by atoms with Crippen molar-refractivity contribution in [3.8, 4) is 0 Å². The van der Waals surface area contributed by atoms with Gasteiger partial charge in [-0.05, 0) is 30.7 Å². The molecule has 3 N–H and O–H groups in total. The summed E-state index contributed by atoms with van der Waals surface area (Å²) in [5.74, 6) is 0.893. The van der Waals surface area contributed by atoms with Crippen LogP contribution in [0.3, 0.4) is 0 Å². The minimum absolute atomic E-state index is 0.0212. The molecule has 1 atom stereocenters. The average molecular weight is 324 g/mol. The van der Waals surface area contributed by atoms with Gasteiger partial charge in [0.2, 0.25) is 17.2 Å². The zero-order chi connectivity index (χ0) is 15.0. The second-order valence-electron chi connectivity index (χ2n) is 4.43. The number of furan rings is 1. The first-order valence-electron chi connectivity index (χ1n) is 6.15. The third kappa shape index (κ3) is 2.72. The number of hydrogen-bond donors (Lipinski definition) is 2. The Hall–Kier alpha value is -2.05. The van der Waals surface area contributed by atoms with Crippen molar-refractivity contribution in [1.82, 2.24) is 15.0 Å². The standard InChI is InChI=1S/C13H11Cl2N5O/c1-6(17-13-19-11(15)18-12(16)20-13)10-9(14)7-4-2-3-5-8(7)21-10/h2-6H,1H3,(H3,16,17,18,19,20). The molecule has 0 aliphatic heterocycles. The highest BCUT2D eigenvalue weighted by Crippen LogP contribution is 2.34. The predicted octanol–water partition coefficient (Wildman–Crippen LogP) is 3.68. The lowest BCUT2D eigenvalue weighted by atomic mass is 10.2. The van der Waals surface area contributed by atoms with Crippen LogP contribution in [0.25, 0.3) is 11.0 Å². The van der Waals surface area contributed by atoms with Crippen LogP contribution in [-0.2, 0) is 0 Å². The number of halogens is 2. The zero-order valence-electron chi connectivity index (χ0n) is 11.0. The van der Waals surface area contributed by atoms with Crippen LogP contribution in [0, 0.1) is 0 Å². The molecule has 0 aliphatic rings. The van der Waals surface area contributed by atoms with Gasteiger partial charge >= 0.3 is 0 Å². The minimum atomic E-state index is -0.261. The highest BCUT2D eigenvalue weighted by Gasteiger charge is 2.19. The summed E-state index contributed by atoms with van der Waals surface area (Å²) in [5.41, 5.74) is 6.25. The maximum absolute atomic E-state index is 6.34. The van der Waals surface area contributed by atoms with Crippen LogP contribution in [0.1, 0.15) is 18.7 Å². The topological polar surface area (TPSA) is 89.9 Å². The van der Waals surface area contributed by atoms with Crippen LogP contribution in [0.2, 0.25) is 10.3 Å². The SMILES string of the molecule is CC(Nc1nc(N)nc(Cl)n1)c1oc2ccccc2c1Cl. The van der Waals surface area contributed by atoms with Crippen molar-refractivity contribution >= 4 is 46.1 Å². The molecule has 0 amide bonds. The second-order valence-corrected chi connectivity index (χ2v) is 5.14. The molecule has 0 spiro atoms. The summed E-state index contributed by atoms with van der Waals surface area (Å²) >= 11 is 12.1. The van der Waals surface area contributed by atoms with Gasteiger partial charge in [0.05, 0.1) is 11.1 Å². The summed E-state index contributed by atoms with van der Waals surface area (Å²) in [6, 6.07) is 7.28. The number of aromatic nitrogens is 3. The van der Waals surface area contributed by atoms with Crippen LogP contribution in [0.15, 0.2) is 28.7 Å². The Morgan fingerprint density at radius 3 is 2.67 bits per heavy atom. The van der Waals surface area contributed by atoms with Crippen LogP contribution in [0.4, 0.5) is 11.9 Å². The lowest BCUT2D eigenvalue weighted by Gasteiger charge is -2.11. The van der Waals surface area contributed by atoms with Gasteiger partial charge in [0.25, 0.3) is 0 Å². The Morgan fingerprint density at radius 1 is 1.19 bits per heavy atom. The fourth-order valence-corrected chi connectivity index (χ4v) is 2.53. The molecule has 0 bridgehead atoms. The monoisotopic (exact) mass is 323 g/mol. The number of nitrogens with one attached hydrogen (secondary N) is 1. The van der Waals surface area contributed by atoms with E-state index in [0.29, 0.717) is 10.8 Å². The van der Waals surface area contributed by atoms with Crippen molar-refractivity contribution in [2.24, 2.45) is 0 Å². The number of para-hydroxylation sites is 1. The van der Waals surface area contributed by atoms with E-state index in [1.54, 1.807) is 0 Å². The average Bonchev–Trinajstić information content (AvgIpc) is 2.76. The fourth-order valence-electron chi connectivity index (χ4n) is 2.00. The molecule has 0 aliphatic carbocycles. The van der Waals surface area contributed by atoms with Gasteiger partial charge in [-0.1, -0.05) is 23.7 Å². The quantitative estimate of drug-likeness (QED) is 0.764. The number of hydrogen-bond acceptors (Lipinski definition) is 6. The van der Waals surface area contributed by atoms with Gasteiger partial charge in [-0.3, -0.25) is 0 Å². The van der Waals surface area contributed by atoms with Crippen molar-refractivity contribution in [2.45, 2.75) is 13.0 Å². The Bertz CT molecular complexity index is 784. The fraction of sp³-hybridized carbons (Fsp3) is 0.154. The smallest absolute Gasteiger partial charge is 0.229 e. The van der Waals surface area contributed by atoms with Crippen molar-refractivity contribution in [2.75, 3.05) is 11.1 Å². The molecular weight excluding hydrogens is 313 g/mol. The molecule has 21 heavy (non-hydrogen) atoms. The molecule has 1 unspecified atom stereocenters. The number of nitrogen functional groups attached to an aromatic ring is 1. The lowest BCUT2D eigenvalue weighted by Crippen LogP contribution is -2.11. The predicted molar refractivity (Wildman–Crippen MR) is 82.5 cm³/mol. The maximum atomic E-state index is 6.34. The van der Waals surface area contributed by atoms with Crippen molar-refractivity contribution in [3.63, 3.8) is 0 Å². The molecule has 0 saturated carbocycles. The van der Waals surface area contributed by atoms with Crippen LogP contribution < -0.4 is 11.1 Å². The zero-order valence-corrected chi connectivity index (χ0v) is 12.5. The number of nitrogens with zero attached hydrogens (tertiary/aromatic N) is 3. The van der Waals surface area contributed by atoms with Gasteiger partial charge in [-0.15, -0.1) is 0 Å². The minimum Gasteiger partial charge on any atom is -0.457 e. The third-order valence-electron chi connectivity index (χ3n) is 2.92. The van der Waals surface area contributed by atoms with Gasteiger partial charge in [0, 0.05) is 5.39 Å². The van der Waals surface area contributed by atoms with E-state index in [2.05, 4.69) is 20.3 Å². The van der Waals surface area contributed by atoms with Crippen molar-refractivity contribution in [3.05, 3.63) is 40.3 Å². The highest BCUT2D eigenvalue weighted by molar-refractivity contribution is 6.36. The number of fused-ring (bicyclic) bond motifs is 1. The summed E-state index contributed by atoms with van der Waals surface area (Å²) in [6.07, 6.45) is 0. The summed E-state index contributed by atoms with van der Waals surface area (Å²) in [6.45, 7) is 1.87. The van der Waals surface area contributed by atoms with Gasteiger partial charge in [0.1, 0.15) is 11.3 Å². The number of rotatable bonds is 3. The Kier molecular flexibility index (Phi) is 3.57. The highest BCUT2D eigenvalue weighted by atomic mass is 35.5. The molecule has 2 heterocycles. The van der Waals surface area contributed by atoms with Gasteiger partial charge in [-0.25, -0.2) is 0 Å². The molecular formula is C13H11Cl2N5O. The molecule has 3 aromatic rings. The van der Waals surface area contributed by atoms with E-state index in [1.807, 2.05) is 31.2 Å². The van der Waals surface area contributed by atoms with Gasteiger partial charge in [0.15, 0.2) is 0 Å². The van der Waals surface area contributed by atoms with Crippen LogP contribution in [-0.4, -0.2) is 15.0 Å². The molecule has 8 heteroatoms. The van der Waals surface area contributed by atoms with Crippen molar-refractivity contribution < 1.29 is 4.42 Å². The Balaban J connectivity index is 1.93. The lowest BCUT2D eigenvalue weighted by molar-refractivity contribution is 0.525. The summed E-state index contributed by atoms with van der Waals surface area (Å²) < 4.78 is 5.76. The van der Waals surface area contributed by atoms with E-state index in [0.717, 1.165) is 11.0 Å². The van der Waals surface area contributed by atoms with E-state index in [9.17, 15) is 0 Å². The van der Waals surface area contributed by atoms with Crippen LogP contribution in [0.5, 0.6) is 0 Å². The van der Waals surface area contributed by atoms with E-state index in [4.69, 9.17) is 33.4 Å². The number of benzene rings is 1. The van der Waals surface area contributed by atoms with Crippen molar-refractivity contribution in [1.29, 1.82) is 0 Å². The largest absolute Gasteiger partial charge is 0.457 e. The maximum Gasteiger partial charge on any atom is 0.229 e. The second kappa shape index (κ2) is 5.38. The summed E-state index contributed by atoms with van der Waals surface area (Å²) in [5, 5.41) is 4.47. The van der Waals surface area contributed by atoms with E-state index < -0.39 is 0 Å². The van der Waals surface area contributed by atoms with Crippen LogP contribution >= 0.6 is 23.2 Å². The molecule has 0 fully saturated rings. The van der Waals surface area contributed by atoms with E-state index >= 15 is 0 Å². The molecule has 6 nitrogen and oxygen atoms in total. The summed E-state index contributed by atoms with van der Waals surface area (Å²) in [4.78, 5) is 11.6.